The topological polar surface area (TPSA) is 70.9 Å². The Bertz CT molecular complexity index is 820. The fraction of sp³-hybridized carbons (Fsp3) is 0.200. The largest absolute Gasteiger partial charge is 0.361 e. The lowest BCUT2D eigenvalue weighted by atomic mass is 10.1. The number of aromatic amines is 1. The van der Waals surface area contributed by atoms with E-state index in [1.165, 1.54) is 6.92 Å². The first-order valence-corrected chi connectivity index (χ1v) is 6.90. The molecule has 0 aliphatic rings. The predicted molar refractivity (Wildman–Crippen MR) is 81.1 cm³/mol. The summed E-state index contributed by atoms with van der Waals surface area (Å²) in [7, 11) is 0. The quantitative estimate of drug-likeness (QED) is 0.779. The summed E-state index contributed by atoms with van der Waals surface area (Å²) in [5.41, 5.74) is 3.38. The number of fused-ring (bicyclic) bond motifs is 1. The maximum absolute atomic E-state index is 11.0. The van der Waals surface area contributed by atoms with Crippen molar-refractivity contribution in [1.82, 2.24) is 15.5 Å². The molecule has 0 fully saturated rings. The van der Waals surface area contributed by atoms with E-state index >= 15 is 0 Å². The number of benzene rings is 1. The van der Waals surface area contributed by atoms with Crippen LogP contribution in [0.2, 0.25) is 5.02 Å². The van der Waals surface area contributed by atoms with Crippen LogP contribution in [0.1, 0.15) is 18.4 Å². The van der Waals surface area contributed by atoms with E-state index in [1.54, 1.807) is 0 Å². The fourth-order valence-electron chi connectivity index (χ4n) is 2.22. The summed E-state index contributed by atoms with van der Waals surface area (Å²) in [4.78, 5) is 14.2. The van der Waals surface area contributed by atoms with Crippen LogP contribution in [0.4, 0.5) is 0 Å². The molecule has 0 unspecified atom stereocenters. The molecule has 6 heteroatoms. The Labute approximate surface area is 126 Å². The zero-order valence-corrected chi connectivity index (χ0v) is 12.4. The molecule has 0 spiro atoms. The zero-order chi connectivity index (χ0) is 15.0. The van der Waals surface area contributed by atoms with Crippen LogP contribution in [0, 0.1) is 6.92 Å². The number of halogens is 1. The number of nitrogens with zero attached hydrogens (tertiary/aromatic N) is 1. The van der Waals surface area contributed by atoms with Crippen LogP contribution in [0.25, 0.3) is 22.2 Å². The van der Waals surface area contributed by atoms with Crippen molar-refractivity contribution < 1.29 is 9.32 Å². The Morgan fingerprint density at radius 1 is 1.38 bits per heavy atom. The predicted octanol–water partition coefficient (Wildman–Crippen LogP) is 3.42. The number of carbonyl (C=O) groups excluding carboxylic acids is 1. The van der Waals surface area contributed by atoms with Gasteiger partial charge in [-0.05, 0) is 25.1 Å². The van der Waals surface area contributed by atoms with Gasteiger partial charge in [0, 0.05) is 35.2 Å². The molecule has 2 N–H and O–H groups in total. The van der Waals surface area contributed by atoms with Gasteiger partial charge in [-0.15, -0.1) is 0 Å². The normalized spacial score (nSPS) is 11.0. The van der Waals surface area contributed by atoms with Crippen LogP contribution >= 0.6 is 11.6 Å². The Morgan fingerprint density at radius 3 is 2.86 bits per heavy atom. The fourth-order valence-corrected chi connectivity index (χ4v) is 2.49. The minimum absolute atomic E-state index is 0.0644. The lowest BCUT2D eigenvalue weighted by Crippen LogP contribution is -2.18. The summed E-state index contributed by atoms with van der Waals surface area (Å²) >= 11 is 6.32. The Hall–Kier alpha value is -2.27. The molecule has 0 aliphatic heterocycles. The molecule has 0 atom stereocenters. The van der Waals surface area contributed by atoms with Crippen molar-refractivity contribution in [2.75, 3.05) is 0 Å². The molecule has 2 heterocycles. The van der Waals surface area contributed by atoms with Crippen LogP contribution in [0.5, 0.6) is 0 Å². The van der Waals surface area contributed by atoms with E-state index in [4.69, 9.17) is 16.1 Å². The third kappa shape index (κ3) is 2.78. The average Bonchev–Trinajstić information content (AvgIpc) is 3.01. The summed E-state index contributed by atoms with van der Waals surface area (Å²) in [6.45, 7) is 3.79. The van der Waals surface area contributed by atoms with Crippen molar-refractivity contribution in [2.45, 2.75) is 20.4 Å². The summed E-state index contributed by atoms with van der Waals surface area (Å²) in [6, 6.07) is 7.62. The van der Waals surface area contributed by atoms with Gasteiger partial charge in [-0.25, -0.2) is 0 Å². The first-order valence-electron chi connectivity index (χ1n) is 6.52. The molecule has 0 aliphatic carbocycles. The average molecular weight is 304 g/mol. The molecule has 3 rings (SSSR count). The first-order chi connectivity index (χ1) is 10.0. The molecule has 0 bridgehead atoms. The molecule has 1 aromatic carbocycles. The van der Waals surface area contributed by atoms with E-state index in [9.17, 15) is 4.79 Å². The number of aromatic nitrogens is 2. The van der Waals surface area contributed by atoms with Crippen LogP contribution in [0.3, 0.4) is 0 Å². The van der Waals surface area contributed by atoms with E-state index < -0.39 is 0 Å². The zero-order valence-electron chi connectivity index (χ0n) is 11.7. The SMILES string of the molecule is CC(=O)NCc1cc2cc(Cl)c(-c3cc(C)on3)cc2[nH]1. The highest BCUT2D eigenvalue weighted by Gasteiger charge is 2.11. The Morgan fingerprint density at radius 2 is 2.19 bits per heavy atom. The molecule has 0 saturated carbocycles. The van der Waals surface area contributed by atoms with Crippen molar-refractivity contribution in [3.05, 3.63) is 40.7 Å². The summed E-state index contributed by atoms with van der Waals surface area (Å²) < 4.78 is 5.09. The van der Waals surface area contributed by atoms with E-state index in [0.717, 1.165) is 27.9 Å². The minimum atomic E-state index is -0.0644. The number of hydrogen-bond donors (Lipinski definition) is 2. The second-order valence-electron chi connectivity index (χ2n) is 4.95. The van der Waals surface area contributed by atoms with Crippen LogP contribution in [-0.2, 0) is 11.3 Å². The number of carbonyl (C=O) groups is 1. The summed E-state index contributed by atoms with van der Waals surface area (Å²) in [6.07, 6.45) is 0. The molecule has 5 nitrogen and oxygen atoms in total. The smallest absolute Gasteiger partial charge is 0.217 e. The summed E-state index contributed by atoms with van der Waals surface area (Å²) in [5.74, 6) is 0.671. The van der Waals surface area contributed by atoms with Gasteiger partial charge in [0.2, 0.25) is 5.91 Å². The van der Waals surface area contributed by atoms with Gasteiger partial charge in [0.1, 0.15) is 11.5 Å². The number of aryl methyl sites for hydroxylation is 1. The monoisotopic (exact) mass is 303 g/mol. The minimum Gasteiger partial charge on any atom is -0.361 e. The van der Waals surface area contributed by atoms with Gasteiger partial charge < -0.3 is 14.8 Å². The molecule has 108 valence electrons. The number of amides is 1. The van der Waals surface area contributed by atoms with Gasteiger partial charge in [0.25, 0.3) is 0 Å². The Kier molecular flexibility index (Phi) is 3.43. The van der Waals surface area contributed by atoms with Gasteiger partial charge in [0.05, 0.1) is 11.6 Å². The molecule has 1 amide bonds. The molecule has 3 aromatic rings. The number of H-pyrrole nitrogens is 1. The number of nitrogens with one attached hydrogen (secondary N) is 2. The van der Waals surface area contributed by atoms with Crippen molar-refractivity contribution in [1.29, 1.82) is 0 Å². The second kappa shape index (κ2) is 5.26. The van der Waals surface area contributed by atoms with E-state index in [2.05, 4.69) is 15.5 Å². The van der Waals surface area contributed by atoms with Gasteiger partial charge >= 0.3 is 0 Å². The number of rotatable bonds is 3. The van der Waals surface area contributed by atoms with Crippen molar-refractivity contribution >= 4 is 28.4 Å². The molecule has 21 heavy (non-hydrogen) atoms. The maximum Gasteiger partial charge on any atom is 0.217 e. The van der Waals surface area contributed by atoms with Gasteiger partial charge in [-0.1, -0.05) is 16.8 Å². The van der Waals surface area contributed by atoms with Gasteiger partial charge in [-0.2, -0.15) is 0 Å². The van der Waals surface area contributed by atoms with Gasteiger partial charge in [-0.3, -0.25) is 4.79 Å². The van der Waals surface area contributed by atoms with Crippen LogP contribution in [-0.4, -0.2) is 16.0 Å². The van der Waals surface area contributed by atoms with E-state index in [0.29, 0.717) is 17.3 Å². The standard InChI is InChI=1S/C15H14ClN3O2/c1-8-3-15(19-21-8)12-6-14-10(5-13(12)16)4-11(18-14)7-17-9(2)20/h3-6,18H,7H2,1-2H3,(H,17,20). The lowest BCUT2D eigenvalue weighted by molar-refractivity contribution is -0.119. The van der Waals surface area contributed by atoms with E-state index in [-0.39, 0.29) is 5.91 Å². The van der Waals surface area contributed by atoms with E-state index in [1.807, 2.05) is 31.2 Å². The molecule has 2 aromatic heterocycles. The summed E-state index contributed by atoms with van der Waals surface area (Å²) in [5, 5.41) is 8.35. The highest BCUT2D eigenvalue weighted by molar-refractivity contribution is 6.34. The third-order valence-corrected chi connectivity index (χ3v) is 3.51. The van der Waals surface area contributed by atoms with Crippen molar-refractivity contribution in [2.24, 2.45) is 0 Å². The number of hydrogen-bond acceptors (Lipinski definition) is 3. The molecular weight excluding hydrogens is 290 g/mol. The Balaban J connectivity index is 2.00. The third-order valence-electron chi connectivity index (χ3n) is 3.20. The lowest BCUT2D eigenvalue weighted by Gasteiger charge is -2.00. The van der Waals surface area contributed by atoms with Crippen LogP contribution in [0.15, 0.2) is 28.8 Å². The van der Waals surface area contributed by atoms with Crippen LogP contribution < -0.4 is 5.32 Å². The molecule has 0 saturated heterocycles. The first kappa shape index (κ1) is 13.7. The van der Waals surface area contributed by atoms with Crippen molar-refractivity contribution in [3.63, 3.8) is 0 Å². The highest BCUT2D eigenvalue weighted by Crippen LogP contribution is 2.32. The molecule has 0 radical (unpaired) electrons. The molecular formula is C15H14ClN3O2. The maximum atomic E-state index is 11.0. The van der Waals surface area contributed by atoms with Crippen molar-refractivity contribution in [3.8, 4) is 11.3 Å². The van der Waals surface area contributed by atoms with Gasteiger partial charge in [0.15, 0.2) is 0 Å². The second-order valence-corrected chi connectivity index (χ2v) is 5.35. The highest BCUT2D eigenvalue weighted by atomic mass is 35.5.